The molecule has 1 amide bonds. The second-order valence-electron chi connectivity index (χ2n) is 6.71. The number of benzene rings is 1. The highest BCUT2D eigenvalue weighted by Crippen LogP contribution is 2.34. The molecule has 0 bridgehead atoms. The molecule has 0 saturated heterocycles. The van der Waals surface area contributed by atoms with Crippen molar-refractivity contribution in [1.29, 1.82) is 0 Å². The normalized spacial score (nSPS) is 11.2. The maximum atomic E-state index is 13.6. The van der Waals surface area contributed by atoms with Gasteiger partial charge in [-0.1, -0.05) is 0 Å². The smallest absolute Gasteiger partial charge is 0.434 e. The lowest BCUT2D eigenvalue weighted by molar-refractivity contribution is -0.143. The van der Waals surface area contributed by atoms with Crippen molar-refractivity contribution in [1.82, 2.24) is 20.0 Å². The Hall–Kier alpha value is -3.96. The Bertz CT molecular complexity index is 1110. The third-order valence-electron chi connectivity index (χ3n) is 4.24. The Balaban J connectivity index is 1.83. The number of nitrogens with one attached hydrogen (secondary N) is 1. The van der Waals surface area contributed by atoms with Gasteiger partial charge in [0.15, 0.2) is 17.2 Å². The van der Waals surface area contributed by atoms with E-state index in [1.165, 1.54) is 37.3 Å². The number of rotatable bonds is 6. The first kappa shape index (κ1) is 22.7. The zero-order chi connectivity index (χ0) is 23.5. The number of esters is 1. The highest BCUT2D eigenvalue weighted by Gasteiger charge is 2.41. The fourth-order valence-electron chi connectivity index (χ4n) is 2.74. The minimum absolute atomic E-state index is 0.0426. The van der Waals surface area contributed by atoms with Crippen LogP contribution >= 0.6 is 0 Å². The SMILES string of the molecule is CCOC(=O)c1cnn(-c2ccc(NC(=O)c3ccc(N(C)C)nn3)cc2)c1C(F)(F)F. The van der Waals surface area contributed by atoms with Crippen LogP contribution < -0.4 is 10.2 Å². The molecule has 0 aliphatic carbocycles. The summed E-state index contributed by atoms with van der Waals surface area (Å²) < 4.78 is 46.1. The van der Waals surface area contributed by atoms with Gasteiger partial charge in [0.1, 0.15) is 5.56 Å². The van der Waals surface area contributed by atoms with Crippen molar-refractivity contribution in [3.8, 4) is 5.69 Å². The van der Waals surface area contributed by atoms with Crippen LogP contribution in [0.25, 0.3) is 5.69 Å². The van der Waals surface area contributed by atoms with E-state index in [-0.39, 0.29) is 18.0 Å². The van der Waals surface area contributed by atoms with Gasteiger partial charge in [-0.25, -0.2) is 9.48 Å². The summed E-state index contributed by atoms with van der Waals surface area (Å²) in [5.41, 5.74) is -1.49. The van der Waals surface area contributed by atoms with Gasteiger partial charge >= 0.3 is 12.1 Å². The molecule has 0 saturated carbocycles. The van der Waals surface area contributed by atoms with Gasteiger partial charge in [-0.3, -0.25) is 4.79 Å². The summed E-state index contributed by atoms with van der Waals surface area (Å²) in [4.78, 5) is 25.9. The average Bonchev–Trinajstić information content (AvgIpc) is 3.20. The Kier molecular flexibility index (Phi) is 6.42. The summed E-state index contributed by atoms with van der Waals surface area (Å²) in [6.45, 7) is 1.42. The predicted octanol–water partition coefficient (Wildman–Crippen LogP) is 3.18. The number of anilines is 2. The summed E-state index contributed by atoms with van der Waals surface area (Å²) >= 11 is 0. The predicted molar refractivity (Wildman–Crippen MR) is 109 cm³/mol. The molecule has 0 aliphatic heterocycles. The minimum atomic E-state index is -4.84. The molecule has 3 aromatic rings. The molecule has 12 heteroatoms. The Morgan fingerprint density at radius 3 is 2.31 bits per heavy atom. The first-order valence-electron chi connectivity index (χ1n) is 9.37. The zero-order valence-electron chi connectivity index (χ0n) is 17.3. The van der Waals surface area contributed by atoms with Crippen LogP contribution in [-0.2, 0) is 10.9 Å². The van der Waals surface area contributed by atoms with E-state index < -0.39 is 29.3 Å². The van der Waals surface area contributed by atoms with Gasteiger partial charge < -0.3 is 15.0 Å². The average molecular weight is 448 g/mol. The molecule has 32 heavy (non-hydrogen) atoms. The number of carbonyl (C=O) groups is 2. The molecule has 1 N–H and O–H groups in total. The molecule has 0 atom stereocenters. The van der Waals surface area contributed by atoms with Crippen molar-refractivity contribution in [2.45, 2.75) is 13.1 Å². The number of halogens is 3. The number of hydrogen-bond acceptors (Lipinski definition) is 7. The van der Waals surface area contributed by atoms with Crippen LogP contribution in [0.3, 0.4) is 0 Å². The number of ether oxygens (including phenoxy) is 1. The van der Waals surface area contributed by atoms with E-state index in [1.54, 1.807) is 25.1 Å². The lowest BCUT2D eigenvalue weighted by Gasteiger charge is -2.13. The van der Waals surface area contributed by atoms with Gasteiger partial charge in [-0.05, 0) is 43.3 Å². The quantitative estimate of drug-likeness (QED) is 0.578. The monoisotopic (exact) mass is 448 g/mol. The van der Waals surface area contributed by atoms with Crippen LogP contribution in [0.2, 0.25) is 0 Å². The van der Waals surface area contributed by atoms with Gasteiger partial charge in [-0.2, -0.15) is 18.3 Å². The van der Waals surface area contributed by atoms with E-state index >= 15 is 0 Å². The summed E-state index contributed by atoms with van der Waals surface area (Å²) in [7, 11) is 3.57. The van der Waals surface area contributed by atoms with Crippen LogP contribution in [0.15, 0.2) is 42.6 Å². The highest BCUT2D eigenvalue weighted by molar-refractivity contribution is 6.02. The molecule has 2 heterocycles. The second kappa shape index (κ2) is 9.04. The summed E-state index contributed by atoms with van der Waals surface area (Å²) in [5, 5.41) is 14.1. The third kappa shape index (κ3) is 4.85. The number of amides is 1. The molecule has 3 rings (SSSR count). The summed E-state index contributed by atoms with van der Waals surface area (Å²) in [6.07, 6.45) is -4.03. The molecule has 2 aromatic heterocycles. The number of carbonyl (C=O) groups excluding carboxylic acids is 2. The van der Waals surface area contributed by atoms with Crippen LogP contribution in [0.5, 0.6) is 0 Å². The standard InChI is InChI=1S/C20H19F3N6O3/c1-4-32-19(31)14-11-24-29(17(14)20(21,22)23)13-7-5-12(6-8-13)25-18(30)15-9-10-16(27-26-15)28(2)3/h5-11H,4H2,1-3H3,(H,25,30). The van der Waals surface area contributed by atoms with E-state index in [4.69, 9.17) is 0 Å². The molecule has 0 radical (unpaired) electrons. The fraction of sp³-hybridized carbons (Fsp3) is 0.250. The topological polar surface area (TPSA) is 102 Å². The van der Waals surface area contributed by atoms with Gasteiger partial charge in [0.25, 0.3) is 5.91 Å². The van der Waals surface area contributed by atoms with Crippen molar-refractivity contribution >= 4 is 23.4 Å². The molecular formula is C20H19F3N6O3. The maximum Gasteiger partial charge on any atom is 0.434 e. The largest absolute Gasteiger partial charge is 0.462 e. The Morgan fingerprint density at radius 2 is 1.78 bits per heavy atom. The van der Waals surface area contributed by atoms with Crippen molar-refractivity contribution in [2.24, 2.45) is 0 Å². The molecule has 0 aliphatic rings. The minimum Gasteiger partial charge on any atom is -0.462 e. The molecule has 0 fully saturated rings. The van der Waals surface area contributed by atoms with Gasteiger partial charge in [0.05, 0.1) is 18.5 Å². The van der Waals surface area contributed by atoms with Crippen molar-refractivity contribution in [2.75, 3.05) is 30.9 Å². The lowest BCUT2D eigenvalue weighted by atomic mass is 10.2. The van der Waals surface area contributed by atoms with E-state index in [2.05, 4.69) is 25.3 Å². The fourth-order valence-corrected chi connectivity index (χ4v) is 2.74. The van der Waals surface area contributed by atoms with E-state index in [0.717, 1.165) is 6.20 Å². The Morgan fingerprint density at radius 1 is 1.09 bits per heavy atom. The van der Waals surface area contributed by atoms with E-state index in [0.29, 0.717) is 16.2 Å². The Labute approximate surface area is 180 Å². The summed E-state index contributed by atoms with van der Waals surface area (Å²) in [5.74, 6) is -1.07. The third-order valence-corrected chi connectivity index (χ3v) is 4.24. The van der Waals surface area contributed by atoms with Gasteiger partial charge in [0, 0.05) is 19.8 Å². The van der Waals surface area contributed by atoms with Crippen LogP contribution in [-0.4, -0.2) is 52.6 Å². The van der Waals surface area contributed by atoms with Crippen molar-refractivity contribution < 1.29 is 27.5 Å². The number of alkyl halides is 3. The highest BCUT2D eigenvalue weighted by atomic mass is 19.4. The van der Waals surface area contributed by atoms with Gasteiger partial charge in [-0.15, -0.1) is 10.2 Å². The number of hydrogen-bond donors (Lipinski definition) is 1. The molecule has 0 unspecified atom stereocenters. The first-order valence-corrected chi connectivity index (χ1v) is 9.37. The van der Waals surface area contributed by atoms with E-state index in [9.17, 15) is 22.8 Å². The molecule has 1 aromatic carbocycles. The number of nitrogens with zero attached hydrogens (tertiary/aromatic N) is 5. The van der Waals surface area contributed by atoms with Gasteiger partial charge in [0.2, 0.25) is 0 Å². The second-order valence-corrected chi connectivity index (χ2v) is 6.71. The maximum absolute atomic E-state index is 13.6. The lowest BCUT2D eigenvalue weighted by Crippen LogP contribution is -2.18. The van der Waals surface area contributed by atoms with E-state index in [1.807, 2.05) is 0 Å². The number of aromatic nitrogens is 4. The van der Waals surface area contributed by atoms with Crippen molar-refractivity contribution in [3.05, 3.63) is 59.5 Å². The molecule has 9 nitrogen and oxygen atoms in total. The zero-order valence-corrected chi connectivity index (χ0v) is 17.3. The van der Waals surface area contributed by atoms with Crippen LogP contribution in [0.4, 0.5) is 24.7 Å². The van der Waals surface area contributed by atoms with Crippen LogP contribution in [0, 0.1) is 0 Å². The summed E-state index contributed by atoms with van der Waals surface area (Å²) in [6, 6.07) is 8.59. The van der Waals surface area contributed by atoms with Crippen molar-refractivity contribution in [3.63, 3.8) is 0 Å². The molecule has 0 spiro atoms. The molecular weight excluding hydrogens is 429 g/mol. The molecule has 168 valence electrons. The first-order chi connectivity index (χ1) is 15.1. The van der Waals surface area contributed by atoms with Crippen LogP contribution in [0.1, 0.15) is 33.5 Å².